The molecule has 2 N–H and O–H groups in total. The molecule has 5 nitrogen and oxygen atoms in total. The fourth-order valence-electron chi connectivity index (χ4n) is 0.874. The van der Waals surface area contributed by atoms with Crippen molar-refractivity contribution in [1.29, 1.82) is 0 Å². The van der Waals surface area contributed by atoms with Crippen LogP contribution in [0.4, 0.5) is 0 Å². The number of hydrogen-bond acceptors (Lipinski definition) is 5. The Balaban J connectivity index is 2.57. The maximum Gasteiger partial charge on any atom is 0.319 e. The van der Waals surface area contributed by atoms with Gasteiger partial charge < -0.3 is 15.2 Å². The summed E-state index contributed by atoms with van der Waals surface area (Å²) in [6, 6.07) is 1.98. The van der Waals surface area contributed by atoms with Crippen LogP contribution in [0, 0.1) is 0 Å². The lowest BCUT2D eigenvalue weighted by Crippen LogP contribution is -2.38. The fraction of sp³-hybridized carbons (Fsp3) is 0.600. The van der Waals surface area contributed by atoms with Crippen LogP contribution in [0.15, 0.2) is 12.3 Å². The molecule has 0 atom stereocenters. The highest BCUT2D eigenvalue weighted by molar-refractivity contribution is 5.11. The van der Waals surface area contributed by atoms with Crippen LogP contribution < -0.4 is 15.2 Å². The zero-order valence-electron chi connectivity index (χ0n) is 9.36. The second kappa shape index (κ2) is 4.93. The Morgan fingerprint density at radius 2 is 2.13 bits per heavy atom. The van der Waals surface area contributed by atoms with Gasteiger partial charge in [-0.15, -0.1) is 0 Å². The van der Waals surface area contributed by atoms with Crippen LogP contribution in [-0.2, 0) is 0 Å². The molecule has 0 amide bonds. The molecule has 1 rings (SSSR count). The molecular formula is C10H17N3O2. The van der Waals surface area contributed by atoms with E-state index < -0.39 is 5.54 Å². The first-order chi connectivity index (χ1) is 7.01. The minimum Gasteiger partial charge on any atom is -0.478 e. The second-order valence-corrected chi connectivity index (χ2v) is 3.89. The summed E-state index contributed by atoms with van der Waals surface area (Å²) in [6.45, 7) is 6.58. The predicted molar refractivity (Wildman–Crippen MR) is 57.0 cm³/mol. The summed E-state index contributed by atoms with van der Waals surface area (Å²) in [5, 5.41) is 0. The molecule has 0 fully saturated rings. The standard InChI is InChI=1S/C10H17N3O2/c1-4-14-8-5-6-12-9(13-8)15-7-10(2,3)11/h5-6H,4,7,11H2,1-3H3. The fourth-order valence-corrected chi connectivity index (χ4v) is 0.874. The van der Waals surface area contributed by atoms with E-state index in [2.05, 4.69) is 9.97 Å². The number of nitrogens with two attached hydrogens (primary N) is 1. The average Bonchev–Trinajstić information content (AvgIpc) is 2.15. The minimum atomic E-state index is -0.398. The lowest BCUT2D eigenvalue weighted by Gasteiger charge is -2.17. The molecule has 1 aromatic heterocycles. The van der Waals surface area contributed by atoms with E-state index >= 15 is 0 Å². The smallest absolute Gasteiger partial charge is 0.319 e. The van der Waals surface area contributed by atoms with Crippen LogP contribution in [0.3, 0.4) is 0 Å². The van der Waals surface area contributed by atoms with E-state index in [1.807, 2.05) is 20.8 Å². The predicted octanol–water partition coefficient (Wildman–Crippen LogP) is 0.991. The Kier molecular flexibility index (Phi) is 3.85. The molecular weight excluding hydrogens is 194 g/mol. The first-order valence-electron chi connectivity index (χ1n) is 4.89. The van der Waals surface area contributed by atoms with Crippen molar-refractivity contribution in [2.45, 2.75) is 26.3 Å². The Labute approximate surface area is 89.6 Å². The lowest BCUT2D eigenvalue weighted by atomic mass is 10.1. The van der Waals surface area contributed by atoms with Gasteiger partial charge >= 0.3 is 6.01 Å². The Hall–Kier alpha value is -1.36. The van der Waals surface area contributed by atoms with Gasteiger partial charge in [-0.25, -0.2) is 4.98 Å². The molecule has 0 bridgehead atoms. The third-order valence-electron chi connectivity index (χ3n) is 1.47. The van der Waals surface area contributed by atoms with Gasteiger partial charge in [0, 0.05) is 17.8 Å². The topological polar surface area (TPSA) is 70.3 Å². The van der Waals surface area contributed by atoms with Gasteiger partial charge in [0.15, 0.2) is 0 Å². The molecule has 1 aromatic rings. The highest BCUT2D eigenvalue weighted by Gasteiger charge is 2.12. The summed E-state index contributed by atoms with van der Waals surface area (Å²) < 4.78 is 10.5. The molecule has 0 radical (unpaired) electrons. The number of rotatable bonds is 5. The Morgan fingerprint density at radius 3 is 2.73 bits per heavy atom. The first-order valence-corrected chi connectivity index (χ1v) is 4.89. The van der Waals surface area contributed by atoms with Crippen molar-refractivity contribution in [2.24, 2.45) is 5.73 Å². The van der Waals surface area contributed by atoms with Crippen molar-refractivity contribution >= 4 is 0 Å². The van der Waals surface area contributed by atoms with Gasteiger partial charge in [0.05, 0.1) is 6.61 Å². The molecule has 0 spiro atoms. The molecule has 0 aromatic carbocycles. The van der Waals surface area contributed by atoms with Crippen LogP contribution in [0.1, 0.15) is 20.8 Å². The third-order valence-corrected chi connectivity index (χ3v) is 1.47. The van der Waals surface area contributed by atoms with E-state index in [0.29, 0.717) is 25.1 Å². The monoisotopic (exact) mass is 211 g/mol. The molecule has 84 valence electrons. The van der Waals surface area contributed by atoms with Crippen LogP contribution in [0.5, 0.6) is 11.9 Å². The van der Waals surface area contributed by atoms with Gasteiger partial charge in [-0.2, -0.15) is 4.98 Å². The van der Waals surface area contributed by atoms with Gasteiger partial charge in [0.2, 0.25) is 5.88 Å². The summed E-state index contributed by atoms with van der Waals surface area (Å²) in [5.74, 6) is 0.511. The lowest BCUT2D eigenvalue weighted by molar-refractivity contribution is 0.221. The zero-order valence-corrected chi connectivity index (χ0v) is 9.36. The van der Waals surface area contributed by atoms with E-state index in [4.69, 9.17) is 15.2 Å². The van der Waals surface area contributed by atoms with E-state index in [1.54, 1.807) is 12.3 Å². The van der Waals surface area contributed by atoms with E-state index in [9.17, 15) is 0 Å². The third kappa shape index (κ3) is 4.60. The molecule has 0 aliphatic heterocycles. The maximum absolute atomic E-state index is 5.77. The number of ether oxygens (including phenoxy) is 2. The molecule has 1 heterocycles. The van der Waals surface area contributed by atoms with Crippen LogP contribution >= 0.6 is 0 Å². The van der Waals surface area contributed by atoms with Crippen LogP contribution in [0.25, 0.3) is 0 Å². The highest BCUT2D eigenvalue weighted by Crippen LogP contribution is 2.11. The SMILES string of the molecule is CCOc1ccnc(OCC(C)(C)N)n1. The summed E-state index contributed by atoms with van der Waals surface area (Å²) in [5.41, 5.74) is 5.37. The number of hydrogen-bond donors (Lipinski definition) is 1. The number of aromatic nitrogens is 2. The summed E-state index contributed by atoms with van der Waals surface area (Å²) in [7, 11) is 0. The van der Waals surface area contributed by atoms with Crippen LogP contribution in [-0.4, -0.2) is 28.7 Å². The average molecular weight is 211 g/mol. The molecule has 0 saturated heterocycles. The normalized spacial score (nSPS) is 11.2. The van der Waals surface area contributed by atoms with Gasteiger partial charge in [-0.3, -0.25) is 0 Å². The summed E-state index contributed by atoms with van der Waals surface area (Å²) in [6.07, 6.45) is 1.59. The van der Waals surface area contributed by atoms with Gasteiger partial charge in [0.1, 0.15) is 6.61 Å². The van der Waals surface area contributed by atoms with Crippen molar-refractivity contribution < 1.29 is 9.47 Å². The van der Waals surface area contributed by atoms with Crippen molar-refractivity contribution in [3.05, 3.63) is 12.3 Å². The molecule has 0 aliphatic carbocycles. The molecule has 0 unspecified atom stereocenters. The number of nitrogens with zero attached hydrogens (tertiary/aromatic N) is 2. The highest BCUT2D eigenvalue weighted by atomic mass is 16.5. The van der Waals surface area contributed by atoms with Crippen molar-refractivity contribution in [1.82, 2.24) is 9.97 Å². The minimum absolute atomic E-state index is 0.291. The molecule has 5 heteroatoms. The molecule has 0 saturated carbocycles. The second-order valence-electron chi connectivity index (χ2n) is 3.89. The Morgan fingerprint density at radius 1 is 1.40 bits per heavy atom. The van der Waals surface area contributed by atoms with Gasteiger partial charge in [-0.1, -0.05) is 0 Å². The summed E-state index contributed by atoms with van der Waals surface area (Å²) in [4.78, 5) is 8.01. The Bertz CT molecular complexity index is 310. The first kappa shape index (κ1) is 11.7. The maximum atomic E-state index is 5.77. The van der Waals surface area contributed by atoms with E-state index in [-0.39, 0.29) is 0 Å². The van der Waals surface area contributed by atoms with Crippen molar-refractivity contribution in [2.75, 3.05) is 13.2 Å². The van der Waals surface area contributed by atoms with E-state index in [0.717, 1.165) is 0 Å². The zero-order chi connectivity index (χ0) is 11.3. The molecule has 0 aliphatic rings. The largest absolute Gasteiger partial charge is 0.478 e. The van der Waals surface area contributed by atoms with E-state index in [1.165, 1.54) is 0 Å². The van der Waals surface area contributed by atoms with Crippen molar-refractivity contribution in [3.8, 4) is 11.9 Å². The van der Waals surface area contributed by atoms with Gasteiger partial charge in [0.25, 0.3) is 0 Å². The summed E-state index contributed by atoms with van der Waals surface area (Å²) >= 11 is 0. The van der Waals surface area contributed by atoms with Gasteiger partial charge in [-0.05, 0) is 20.8 Å². The molecule has 15 heavy (non-hydrogen) atoms. The van der Waals surface area contributed by atoms with Crippen LogP contribution in [0.2, 0.25) is 0 Å². The van der Waals surface area contributed by atoms with Crippen molar-refractivity contribution in [3.63, 3.8) is 0 Å². The quantitative estimate of drug-likeness (QED) is 0.786.